The third-order valence-corrected chi connectivity index (χ3v) is 2.40. The van der Waals surface area contributed by atoms with Gasteiger partial charge >= 0.3 is 26.4 Å². The van der Waals surface area contributed by atoms with Crippen molar-refractivity contribution in [1.29, 1.82) is 0 Å². The number of fused-ring (bicyclic) bond motifs is 1. The molecule has 15 heavy (non-hydrogen) atoms. The number of benzene rings is 1. The van der Waals surface area contributed by atoms with Gasteiger partial charge in [-0.3, -0.25) is 0 Å². The van der Waals surface area contributed by atoms with E-state index < -0.39 is 20.2 Å². The predicted molar refractivity (Wildman–Crippen MR) is 55.2 cm³/mol. The van der Waals surface area contributed by atoms with Crippen molar-refractivity contribution in [3.05, 3.63) is 41.0 Å². The second-order valence-electron chi connectivity index (χ2n) is 3.50. The summed E-state index contributed by atoms with van der Waals surface area (Å²) in [6.07, 6.45) is 6.05. The minimum absolute atomic E-state index is 1.18. The van der Waals surface area contributed by atoms with Crippen molar-refractivity contribution in [2.24, 2.45) is 0 Å². The summed E-state index contributed by atoms with van der Waals surface area (Å²) in [6, 6.07) is 8.68. The second kappa shape index (κ2) is 6.92. The van der Waals surface area contributed by atoms with E-state index in [1.165, 1.54) is 30.4 Å². The van der Waals surface area contributed by atoms with Crippen molar-refractivity contribution < 1.29 is 26.4 Å². The molecule has 0 aliphatic heterocycles. The van der Waals surface area contributed by atoms with Crippen LogP contribution in [0.5, 0.6) is 0 Å². The first-order valence-electron chi connectivity index (χ1n) is 5.05. The van der Waals surface area contributed by atoms with Crippen LogP contribution in [0.25, 0.3) is 6.08 Å². The maximum atomic E-state index is 9.75. The zero-order valence-electron chi connectivity index (χ0n) is 8.76. The first-order chi connectivity index (χ1) is 7.31. The van der Waals surface area contributed by atoms with Crippen LogP contribution >= 0.6 is 0 Å². The molecule has 0 N–H and O–H groups in total. The fourth-order valence-electron chi connectivity index (χ4n) is 1.83. The molecule has 0 saturated heterocycles. The Morgan fingerprint density at radius 2 is 1.93 bits per heavy atom. The molecule has 1 aromatic carbocycles. The molecule has 0 bridgehead atoms. The molecule has 0 amide bonds. The van der Waals surface area contributed by atoms with E-state index in [-0.39, 0.29) is 0 Å². The molecule has 0 fully saturated rings. The number of rotatable bonds is 2. The van der Waals surface area contributed by atoms with Gasteiger partial charge in [-0.05, 0) is 24.0 Å². The zero-order chi connectivity index (χ0) is 11.1. The summed E-state index contributed by atoms with van der Waals surface area (Å²) in [5.74, 6) is 0. The summed E-state index contributed by atoms with van der Waals surface area (Å²) in [4.78, 5) is 0. The third kappa shape index (κ3) is 3.88. The molecule has 0 aromatic heterocycles. The van der Waals surface area contributed by atoms with E-state index in [0.717, 1.165) is 0 Å². The van der Waals surface area contributed by atoms with Crippen LogP contribution < -0.4 is 0 Å². The van der Waals surface area contributed by atoms with Gasteiger partial charge in [0, 0.05) is 0 Å². The van der Waals surface area contributed by atoms with Gasteiger partial charge in [-0.1, -0.05) is 49.3 Å². The van der Waals surface area contributed by atoms with Crippen molar-refractivity contribution >= 4 is 6.08 Å². The van der Waals surface area contributed by atoms with Crippen molar-refractivity contribution in [3.63, 3.8) is 0 Å². The van der Waals surface area contributed by atoms with Crippen LogP contribution in [0.1, 0.15) is 30.9 Å². The number of allylic oxidation sites excluding steroid dienone is 1. The SMILES string of the molecule is CCCC1=Cc2ccccc2C1.[F][Ti][F]. The van der Waals surface area contributed by atoms with E-state index in [9.17, 15) is 6.18 Å². The first-order valence-corrected chi connectivity index (χ1v) is 6.23. The van der Waals surface area contributed by atoms with Gasteiger partial charge in [0.05, 0.1) is 0 Å². The van der Waals surface area contributed by atoms with Gasteiger partial charge in [0.1, 0.15) is 0 Å². The number of hydrogen-bond donors (Lipinski definition) is 0. The standard InChI is InChI=1S/C12H14.2FH.Ti/c1-2-5-10-8-11-6-3-4-7-12(11)9-10;;;/h3-4,6-8H,2,5,9H2,1H3;2*1H;/q;;;+2/p-2. The topological polar surface area (TPSA) is 0 Å². The summed E-state index contributed by atoms with van der Waals surface area (Å²) < 4.78 is 19.5. The molecule has 0 saturated carbocycles. The molecule has 3 heteroatoms. The van der Waals surface area contributed by atoms with Crippen molar-refractivity contribution in [2.45, 2.75) is 26.2 Å². The Hall–Kier alpha value is -0.466. The molecule has 1 aromatic rings. The molecule has 2 rings (SSSR count). The first kappa shape index (κ1) is 12.6. The summed E-state index contributed by atoms with van der Waals surface area (Å²) in [5, 5.41) is 0. The monoisotopic (exact) mass is 244 g/mol. The molecule has 0 nitrogen and oxygen atoms in total. The Labute approximate surface area is 99.7 Å². The van der Waals surface area contributed by atoms with Crippen LogP contribution in [0.15, 0.2) is 29.8 Å². The molecule has 0 unspecified atom stereocenters. The van der Waals surface area contributed by atoms with E-state index in [0.29, 0.717) is 0 Å². The van der Waals surface area contributed by atoms with Gasteiger partial charge in [0.2, 0.25) is 0 Å². The van der Waals surface area contributed by atoms with Gasteiger partial charge < -0.3 is 0 Å². The molecule has 80 valence electrons. The molecule has 1 aliphatic rings. The Kier molecular flexibility index (Phi) is 5.81. The van der Waals surface area contributed by atoms with E-state index >= 15 is 0 Å². The summed E-state index contributed by atoms with van der Waals surface area (Å²) >= 11 is -2.50. The van der Waals surface area contributed by atoms with Crippen LogP contribution in [-0.4, -0.2) is 0 Å². The molecule has 0 spiro atoms. The molecule has 0 atom stereocenters. The van der Waals surface area contributed by atoms with Crippen molar-refractivity contribution in [1.82, 2.24) is 0 Å². The Balaban J connectivity index is 0.000000337. The fraction of sp³-hybridized carbons (Fsp3) is 0.333. The predicted octanol–water partition coefficient (Wildman–Crippen LogP) is 4.26. The van der Waals surface area contributed by atoms with Crippen LogP contribution in [0.3, 0.4) is 0 Å². The van der Waals surface area contributed by atoms with Crippen LogP contribution in [0.2, 0.25) is 0 Å². The molecule has 1 aliphatic carbocycles. The van der Waals surface area contributed by atoms with Gasteiger partial charge in [-0.2, -0.15) is 0 Å². The Bertz CT molecular complexity index is 334. The molecular formula is C12H14F2Ti. The van der Waals surface area contributed by atoms with E-state index in [1.807, 2.05) is 0 Å². The van der Waals surface area contributed by atoms with Crippen LogP contribution in [0, 0.1) is 0 Å². The zero-order valence-corrected chi connectivity index (χ0v) is 10.3. The average Bonchev–Trinajstić information content (AvgIpc) is 2.61. The maximum absolute atomic E-state index is 9.75. The summed E-state index contributed by atoms with van der Waals surface area (Å²) in [7, 11) is 0. The molecule has 0 heterocycles. The van der Waals surface area contributed by atoms with Gasteiger partial charge in [0.15, 0.2) is 0 Å². The fourth-order valence-corrected chi connectivity index (χ4v) is 1.83. The second-order valence-corrected chi connectivity index (χ2v) is 3.72. The molecular weight excluding hydrogens is 230 g/mol. The quantitative estimate of drug-likeness (QED) is 0.681. The van der Waals surface area contributed by atoms with Gasteiger partial charge in [-0.15, -0.1) is 0 Å². The number of hydrogen-bond acceptors (Lipinski definition) is 0. The van der Waals surface area contributed by atoms with Crippen LogP contribution in [-0.2, 0) is 26.6 Å². The van der Waals surface area contributed by atoms with Crippen molar-refractivity contribution in [2.75, 3.05) is 0 Å². The summed E-state index contributed by atoms with van der Waals surface area (Å²) in [5.41, 5.74) is 4.53. The Morgan fingerprint density at radius 3 is 2.53 bits per heavy atom. The van der Waals surface area contributed by atoms with E-state index in [2.05, 4.69) is 37.3 Å². The minimum atomic E-state index is -2.50. The third-order valence-electron chi connectivity index (χ3n) is 2.40. The van der Waals surface area contributed by atoms with E-state index in [4.69, 9.17) is 0 Å². The molecule has 0 radical (unpaired) electrons. The van der Waals surface area contributed by atoms with Crippen molar-refractivity contribution in [3.8, 4) is 0 Å². The normalized spacial score (nSPS) is 12.3. The number of halogens is 2. The Morgan fingerprint density at radius 1 is 1.27 bits per heavy atom. The average molecular weight is 244 g/mol. The van der Waals surface area contributed by atoms with Gasteiger partial charge in [0.25, 0.3) is 0 Å². The van der Waals surface area contributed by atoms with Gasteiger partial charge in [-0.25, -0.2) is 0 Å². The van der Waals surface area contributed by atoms with Crippen LogP contribution in [0.4, 0.5) is 6.18 Å². The summed E-state index contributed by atoms with van der Waals surface area (Å²) in [6.45, 7) is 2.24. The van der Waals surface area contributed by atoms with E-state index in [1.54, 1.807) is 5.57 Å².